The zero-order valence-corrected chi connectivity index (χ0v) is 16.6. The number of amides is 2. The molecule has 0 saturated carbocycles. The predicted octanol–water partition coefficient (Wildman–Crippen LogP) is 2.79. The Bertz CT molecular complexity index is 859. The van der Waals surface area contributed by atoms with Crippen molar-refractivity contribution in [2.45, 2.75) is 6.61 Å². The van der Waals surface area contributed by atoms with Crippen molar-refractivity contribution in [1.82, 2.24) is 10.7 Å². The Kier molecular flexibility index (Phi) is 8.74. The van der Waals surface area contributed by atoms with Gasteiger partial charge in [0.2, 0.25) is 0 Å². The van der Waals surface area contributed by atoms with Gasteiger partial charge in [0.15, 0.2) is 0 Å². The first-order chi connectivity index (χ1) is 13.5. The van der Waals surface area contributed by atoms with E-state index in [4.69, 9.17) is 32.7 Å². The van der Waals surface area contributed by atoms with Crippen LogP contribution in [0, 0.1) is 0 Å². The van der Waals surface area contributed by atoms with Crippen LogP contribution in [0.15, 0.2) is 47.6 Å². The van der Waals surface area contributed by atoms with Gasteiger partial charge in [-0.25, -0.2) is 5.43 Å². The lowest BCUT2D eigenvalue weighted by atomic mass is 10.2. The zero-order chi connectivity index (χ0) is 20.4. The molecule has 0 radical (unpaired) electrons. The number of benzene rings is 2. The molecular weight excluding hydrogens is 405 g/mol. The maximum Gasteiger partial charge on any atom is 0.329 e. The summed E-state index contributed by atoms with van der Waals surface area (Å²) in [4.78, 5) is 23.1. The molecule has 0 fully saturated rings. The second-order valence-electron chi connectivity index (χ2n) is 5.54. The molecule has 0 aliphatic carbocycles. The van der Waals surface area contributed by atoms with Gasteiger partial charge < -0.3 is 14.8 Å². The van der Waals surface area contributed by atoms with E-state index in [1.54, 1.807) is 42.5 Å². The molecule has 2 N–H and O–H groups in total. The van der Waals surface area contributed by atoms with Crippen molar-refractivity contribution < 1.29 is 19.1 Å². The number of hydrogen-bond donors (Lipinski definition) is 2. The summed E-state index contributed by atoms with van der Waals surface area (Å²) >= 11 is 12.0. The lowest BCUT2D eigenvalue weighted by Crippen LogP contribution is -2.39. The summed E-state index contributed by atoms with van der Waals surface area (Å²) in [5.74, 6) is -1.05. The van der Waals surface area contributed by atoms with Crippen molar-refractivity contribution in [3.8, 4) is 5.75 Å². The topological polar surface area (TPSA) is 89.0 Å². The van der Waals surface area contributed by atoms with Gasteiger partial charge in [-0.2, -0.15) is 5.10 Å². The molecule has 2 rings (SSSR count). The molecule has 0 aliphatic heterocycles. The van der Waals surface area contributed by atoms with Crippen LogP contribution in [-0.2, 0) is 20.9 Å². The molecule has 0 saturated heterocycles. The van der Waals surface area contributed by atoms with Gasteiger partial charge >= 0.3 is 11.8 Å². The first-order valence-electron chi connectivity index (χ1n) is 8.26. The van der Waals surface area contributed by atoms with E-state index in [1.165, 1.54) is 13.3 Å². The largest absolute Gasteiger partial charge is 0.489 e. The molecule has 9 heteroatoms. The number of hydrazone groups is 1. The minimum absolute atomic E-state index is 0.240. The number of methoxy groups -OCH3 is 1. The molecule has 2 aromatic rings. The third-order valence-electron chi connectivity index (χ3n) is 3.45. The maximum absolute atomic E-state index is 11.6. The molecule has 28 heavy (non-hydrogen) atoms. The van der Waals surface area contributed by atoms with Crippen molar-refractivity contribution in [3.05, 3.63) is 63.6 Å². The third kappa shape index (κ3) is 7.19. The smallest absolute Gasteiger partial charge is 0.329 e. The van der Waals surface area contributed by atoms with Crippen LogP contribution < -0.4 is 15.5 Å². The summed E-state index contributed by atoms with van der Waals surface area (Å²) in [6.07, 6.45) is 1.41. The highest BCUT2D eigenvalue weighted by molar-refractivity contribution is 6.35. The van der Waals surface area contributed by atoms with Crippen LogP contribution in [0.5, 0.6) is 5.75 Å². The fraction of sp³-hybridized carbons (Fsp3) is 0.211. The van der Waals surface area contributed by atoms with E-state index in [-0.39, 0.29) is 13.2 Å². The molecule has 2 aromatic carbocycles. The SMILES string of the molecule is COCCNC(=O)C(=O)N/N=C\c1cccc(OCc2ccc(Cl)cc2Cl)c1. The van der Waals surface area contributed by atoms with E-state index in [0.29, 0.717) is 28.0 Å². The number of rotatable bonds is 8. The van der Waals surface area contributed by atoms with Gasteiger partial charge in [-0.3, -0.25) is 9.59 Å². The summed E-state index contributed by atoms with van der Waals surface area (Å²) in [5.41, 5.74) is 3.64. The predicted molar refractivity (Wildman–Crippen MR) is 108 cm³/mol. The Hall–Kier alpha value is -2.61. The Labute approximate surface area is 172 Å². The van der Waals surface area contributed by atoms with Crippen LogP contribution >= 0.6 is 23.2 Å². The second-order valence-corrected chi connectivity index (χ2v) is 6.39. The minimum Gasteiger partial charge on any atom is -0.489 e. The van der Waals surface area contributed by atoms with Crippen molar-refractivity contribution in [2.75, 3.05) is 20.3 Å². The summed E-state index contributed by atoms with van der Waals surface area (Å²) in [6, 6.07) is 12.3. The van der Waals surface area contributed by atoms with Crippen molar-refractivity contribution in [3.63, 3.8) is 0 Å². The standard InChI is InChI=1S/C19H19Cl2N3O4/c1-27-8-7-22-18(25)19(26)24-23-11-13-3-2-4-16(9-13)28-12-14-5-6-15(20)10-17(14)21/h2-6,9-11H,7-8,12H2,1H3,(H,22,25)(H,24,26)/b23-11-. The summed E-state index contributed by atoms with van der Waals surface area (Å²) < 4.78 is 10.5. The van der Waals surface area contributed by atoms with Gasteiger partial charge in [0, 0.05) is 29.3 Å². The molecule has 0 atom stereocenters. The fourth-order valence-corrected chi connectivity index (χ4v) is 2.51. The van der Waals surface area contributed by atoms with Crippen LogP contribution in [0.4, 0.5) is 0 Å². The number of carbonyl (C=O) groups is 2. The Morgan fingerprint density at radius 1 is 1.14 bits per heavy atom. The van der Waals surface area contributed by atoms with E-state index in [9.17, 15) is 9.59 Å². The normalized spacial score (nSPS) is 10.7. The average Bonchev–Trinajstić information content (AvgIpc) is 2.67. The summed E-state index contributed by atoms with van der Waals surface area (Å²) in [6.45, 7) is 0.828. The summed E-state index contributed by atoms with van der Waals surface area (Å²) in [5, 5.41) is 7.24. The van der Waals surface area contributed by atoms with Crippen LogP contribution in [0.25, 0.3) is 0 Å². The summed E-state index contributed by atoms with van der Waals surface area (Å²) in [7, 11) is 1.50. The first-order valence-corrected chi connectivity index (χ1v) is 9.02. The highest BCUT2D eigenvalue weighted by Crippen LogP contribution is 2.22. The zero-order valence-electron chi connectivity index (χ0n) is 15.1. The fourth-order valence-electron chi connectivity index (χ4n) is 2.05. The molecule has 2 amide bonds. The number of ether oxygens (including phenoxy) is 2. The van der Waals surface area contributed by atoms with Gasteiger partial charge in [0.25, 0.3) is 0 Å². The highest BCUT2D eigenvalue weighted by Gasteiger charge is 2.11. The van der Waals surface area contributed by atoms with Crippen LogP contribution in [0.1, 0.15) is 11.1 Å². The quantitative estimate of drug-likeness (QED) is 0.295. The molecule has 0 spiro atoms. The lowest BCUT2D eigenvalue weighted by molar-refractivity contribution is -0.139. The Morgan fingerprint density at radius 2 is 1.96 bits per heavy atom. The molecule has 0 aliphatic rings. The van der Waals surface area contributed by atoms with Gasteiger partial charge in [-0.1, -0.05) is 41.4 Å². The van der Waals surface area contributed by atoms with Gasteiger partial charge in [-0.15, -0.1) is 0 Å². The van der Waals surface area contributed by atoms with Crippen LogP contribution in [0.3, 0.4) is 0 Å². The van der Waals surface area contributed by atoms with Gasteiger partial charge in [-0.05, 0) is 29.8 Å². The molecular formula is C19H19Cl2N3O4. The van der Waals surface area contributed by atoms with Crippen LogP contribution in [-0.4, -0.2) is 38.3 Å². The number of halogens is 2. The molecule has 0 unspecified atom stereocenters. The Morgan fingerprint density at radius 3 is 2.71 bits per heavy atom. The monoisotopic (exact) mass is 423 g/mol. The average molecular weight is 424 g/mol. The second kappa shape index (κ2) is 11.3. The molecule has 7 nitrogen and oxygen atoms in total. The van der Waals surface area contributed by atoms with Gasteiger partial charge in [0.1, 0.15) is 12.4 Å². The van der Waals surface area contributed by atoms with Crippen molar-refractivity contribution in [1.29, 1.82) is 0 Å². The van der Waals surface area contributed by atoms with Crippen molar-refractivity contribution in [2.24, 2.45) is 5.10 Å². The molecule has 0 bridgehead atoms. The molecule has 0 aromatic heterocycles. The first kappa shape index (κ1) is 21.7. The van der Waals surface area contributed by atoms with Crippen molar-refractivity contribution >= 4 is 41.2 Å². The van der Waals surface area contributed by atoms with Crippen LogP contribution in [0.2, 0.25) is 10.0 Å². The van der Waals surface area contributed by atoms with E-state index in [1.807, 2.05) is 0 Å². The number of carbonyl (C=O) groups excluding carboxylic acids is 2. The molecule has 148 valence electrons. The van der Waals surface area contributed by atoms with E-state index in [0.717, 1.165) is 5.56 Å². The Balaban J connectivity index is 1.87. The minimum atomic E-state index is -0.864. The van der Waals surface area contributed by atoms with E-state index < -0.39 is 11.8 Å². The maximum atomic E-state index is 11.6. The lowest BCUT2D eigenvalue weighted by Gasteiger charge is -2.08. The highest BCUT2D eigenvalue weighted by atomic mass is 35.5. The number of hydrogen-bond acceptors (Lipinski definition) is 5. The van der Waals surface area contributed by atoms with E-state index >= 15 is 0 Å². The molecule has 0 heterocycles. The van der Waals surface area contributed by atoms with E-state index in [2.05, 4.69) is 15.8 Å². The number of nitrogens with zero attached hydrogens (tertiary/aromatic N) is 1. The third-order valence-corrected chi connectivity index (χ3v) is 4.03. The van der Waals surface area contributed by atoms with Gasteiger partial charge in [0.05, 0.1) is 12.8 Å². The number of nitrogens with one attached hydrogen (secondary N) is 2.